The van der Waals surface area contributed by atoms with E-state index in [1.54, 1.807) is 11.3 Å². The third-order valence-electron chi connectivity index (χ3n) is 3.33. The van der Waals surface area contributed by atoms with E-state index in [1.807, 2.05) is 11.8 Å². The fraction of sp³-hybridized carbons (Fsp3) is 0.176. The zero-order valence-corrected chi connectivity index (χ0v) is 14.8. The lowest BCUT2D eigenvalue weighted by Gasteiger charge is -2.19. The Morgan fingerprint density at radius 1 is 1.10 bits per heavy atom. The Morgan fingerprint density at radius 3 is 2.52 bits per heavy atom. The average Bonchev–Trinajstić information content (AvgIpc) is 2.90. The number of thioether (sulfide) groups is 1. The normalized spacial score (nSPS) is 14.2. The second kappa shape index (κ2) is 6.53. The van der Waals surface area contributed by atoms with Crippen molar-refractivity contribution in [3.63, 3.8) is 0 Å². The number of halogens is 1. The maximum absolute atomic E-state index is 6.21. The van der Waals surface area contributed by atoms with Crippen LogP contribution in [-0.2, 0) is 0 Å². The van der Waals surface area contributed by atoms with Crippen LogP contribution in [-0.4, -0.2) is 6.04 Å². The Kier molecular flexibility index (Phi) is 4.69. The third kappa shape index (κ3) is 3.51. The number of rotatable bonds is 4. The van der Waals surface area contributed by atoms with Crippen LogP contribution in [0, 0.1) is 0 Å². The molecule has 4 heteroatoms. The quantitative estimate of drug-likeness (QED) is 0.577. The van der Waals surface area contributed by atoms with Gasteiger partial charge in [0, 0.05) is 25.7 Å². The largest absolute Gasteiger partial charge is 0.327 e. The summed E-state index contributed by atoms with van der Waals surface area (Å²) < 4.78 is 1.13. The van der Waals surface area contributed by atoms with Gasteiger partial charge in [-0.1, -0.05) is 30.3 Å². The van der Waals surface area contributed by atoms with Gasteiger partial charge in [0.2, 0.25) is 0 Å². The Hall–Kier alpha value is -0.810. The molecule has 0 fully saturated rings. The van der Waals surface area contributed by atoms with Crippen molar-refractivity contribution in [3.8, 4) is 0 Å². The fourth-order valence-electron chi connectivity index (χ4n) is 2.29. The number of hydrogen-bond donors (Lipinski definition) is 1. The van der Waals surface area contributed by atoms with Crippen molar-refractivity contribution in [3.05, 3.63) is 63.3 Å². The summed E-state index contributed by atoms with van der Waals surface area (Å²) in [5.74, 6) is 0. The predicted molar refractivity (Wildman–Crippen MR) is 98.2 cm³/mol. The average molecular weight is 378 g/mol. The molecule has 0 amide bonds. The monoisotopic (exact) mass is 377 g/mol. The van der Waals surface area contributed by atoms with Gasteiger partial charge in [-0.25, -0.2) is 0 Å². The van der Waals surface area contributed by atoms with Crippen LogP contribution < -0.4 is 5.73 Å². The third-order valence-corrected chi connectivity index (χ3v) is 6.72. The molecule has 1 heterocycles. The van der Waals surface area contributed by atoms with Crippen LogP contribution in [0.1, 0.15) is 17.1 Å². The molecule has 0 radical (unpaired) electrons. The van der Waals surface area contributed by atoms with Crippen LogP contribution in [0.25, 0.3) is 10.8 Å². The van der Waals surface area contributed by atoms with Crippen LogP contribution >= 0.6 is 39.0 Å². The van der Waals surface area contributed by atoms with E-state index in [0.29, 0.717) is 0 Å². The van der Waals surface area contributed by atoms with Crippen molar-refractivity contribution in [1.29, 1.82) is 0 Å². The molecule has 1 nitrogen and oxygen atoms in total. The van der Waals surface area contributed by atoms with Crippen LogP contribution in [0.3, 0.4) is 0 Å². The highest BCUT2D eigenvalue weighted by atomic mass is 79.9. The first kappa shape index (κ1) is 15.1. The molecule has 2 atom stereocenters. The minimum Gasteiger partial charge on any atom is -0.327 e. The molecular weight excluding hydrogens is 362 g/mol. The lowest BCUT2D eigenvalue weighted by molar-refractivity contribution is 0.730. The minimum absolute atomic E-state index is 0.104. The van der Waals surface area contributed by atoms with Gasteiger partial charge in [-0.2, -0.15) is 0 Å². The smallest absolute Gasteiger partial charge is 0.0586 e. The molecule has 0 spiro atoms. The predicted octanol–water partition coefficient (Wildman–Crippen LogP) is 5.84. The van der Waals surface area contributed by atoms with Crippen molar-refractivity contribution in [2.75, 3.05) is 0 Å². The van der Waals surface area contributed by atoms with E-state index in [-0.39, 0.29) is 11.3 Å². The SMILES string of the molecule is CC(N)C(Sc1ccc2ccccc2c1)c1cc(Br)cs1. The Morgan fingerprint density at radius 2 is 1.86 bits per heavy atom. The highest BCUT2D eigenvalue weighted by Crippen LogP contribution is 2.41. The molecule has 0 bridgehead atoms. The first-order valence-electron chi connectivity index (χ1n) is 6.78. The summed E-state index contributed by atoms with van der Waals surface area (Å²) in [5, 5.41) is 4.95. The molecule has 2 aromatic carbocycles. The van der Waals surface area contributed by atoms with Crippen LogP contribution in [0.5, 0.6) is 0 Å². The molecule has 2 N–H and O–H groups in total. The zero-order valence-electron chi connectivity index (χ0n) is 11.6. The standard InChI is InChI=1S/C17H16BrNS2/c1-11(19)17(16-9-14(18)10-20-16)21-15-7-6-12-4-2-3-5-13(12)8-15/h2-11,17H,19H2,1H3. The summed E-state index contributed by atoms with van der Waals surface area (Å²) in [6.45, 7) is 2.08. The summed E-state index contributed by atoms with van der Waals surface area (Å²) in [5.41, 5.74) is 6.21. The van der Waals surface area contributed by atoms with E-state index >= 15 is 0 Å². The second-order valence-electron chi connectivity index (χ2n) is 5.07. The number of thiophene rings is 1. The maximum Gasteiger partial charge on any atom is 0.0586 e. The summed E-state index contributed by atoms with van der Waals surface area (Å²) >= 11 is 7.13. The van der Waals surface area contributed by atoms with Gasteiger partial charge in [0.15, 0.2) is 0 Å². The summed E-state index contributed by atoms with van der Waals surface area (Å²) in [6, 6.07) is 17.3. The molecule has 0 saturated heterocycles. The lowest BCUT2D eigenvalue weighted by atomic mass is 10.1. The summed E-state index contributed by atoms with van der Waals surface area (Å²) in [6.07, 6.45) is 0. The van der Waals surface area contributed by atoms with E-state index in [4.69, 9.17) is 5.73 Å². The lowest BCUT2D eigenvalue weighted by Crippen LogP contribution is -2.21. The molecule has 3 rings (SSSR count). The van der Waals surface area contributed by atoms with E-state index in [1.165, 1.54) is 20.5 Å². The molecule has 21 heavy (non-hydrogen) atoms. The number of hydrogen-bond acceptors (Lipinski definition) is 3. The van der Waals surface area contributed by atoms with Crippen molar-refractivity contribution in [1.82, 2.24) is 0 Å². The van der Waals surface area contributed by atoms with Crippen molar-refractivity contribution in [2.24, 2.45) is 5.73 Å². The first-order valence-corrected chi connectivity index (χ1v) is 9.34. The van der Waals surface area contributed by atoms with E-state index in [9.17, 15) is 0 Å². The molecular formula is C17H16BrNS2. The molecule has 0 saturated carbocycles. The van der Waals surface area contributed by atoms with Crippen LogP contribution in [0.4, 0.5) is 0 Å². The first-order chi connectivity index (χ1) is 10.1. The summed E-state index contributed by atoms with van der Waals surface area (Å²) in [7, 11) is 0. The number of fused-ring (bicyclic) bond motifs is 1. The van der Waals surface area contributed by atoms with Crippen molar-refractivity contribution in [2.45, 2.75) is 23.1 Å². The highest BCUT2D eigenvalue weighted by Gasteiger charge is 2.19. The highest BCUT2D eigenvalue weighted by molar-refractivity contribution is 9.10. The summed E-state index contributed by atoms with van der Waals surface area (Å²) in [4.78, 5) is 2.58. The second-order valence-corrected chi connectivity index (χ2v) is 8.15. The van der Waals surface area contributed by atoms with Gasteiger partial charge in [-0.15, -0.1) is 23.1 Å². The van der Waals surface area contributed by atoms with Gasteiger partial charge in [0.25, 0.3) is 0 Å². The van der Waals surface area contributed by atoms with Crippen LogP contribution in [0.2, 0.25) is 0 Å². The molecule has 0 aliphatic rings. The number of nitrogens with two attached hydrogens (primary N) is 1. The fourth-order valence-corrected chi connectivity index (χ4v) is 5.17. The van der Waals surface area contributed by atoms with Crippen molar-refractivity contribution >= 4 is 49.8 Å². The molecule has 108 valence electrons. The van der Waals surface area contributed by atoms with Gasteiger partial charge in [0.05, 0.1) is 5.25 Å². The Balaban J connectivity index is 1.90. The topological polar surface area (TPSA) is 26.0 Å². The van der Waals surface area contributed by atoms with E-state index in [2.05, 4.69) is 76.8 Å². The van der Waals surface area contributed by atoms with Gasteiger partial charge in [-0.3, -0.25) is 0 Å². The molecule has 2 unspecified atom stereocenters. The Bertz CT molecular complexity index is 751. The number of benzene rings is 2. The Labute approximate surface area is 141 Å². The van der Waals surface area contributed by atoms with Crippen molar-refractivity contribution < 1.29 is 0 Å². The molecule has 1 aromatic heterocycles. The van der Waals surface area contributed by atoms with Gasteiger partial charge < -0.3 is 5.73 Å². The maximum atomic E-state index is 6.21. The van der Waals surface area contributed by atoms with Gasteiger partial charge in [-0.05, 0) is 51.8 Å². The van der Waals surface area contributed by atoms with Gasteiger partial charge >= 0.3 is 0 Å². The molecule has 3 aromatic rings. The van der Waals surface area contributed by atoms with E-state index in [0.717, 1.165) is 4.47 Å². The zero-order chi connectivity index (χ0) is 14.8. The molecule has 0 aliphatic carbocycles. The van der Waals surface area contributed by atoms with Crippen LogP contribution in [0.15, 0.2) is 63.3 Å². The molecule has 0 aliphatic heterocycles. The van der Waals surface area contributed by atoms with E-state index < -0.39 is 0 Å². The van der Waals surface area contributed by atoms with Gasteiger partial charge in [0.1, 0.15) is 0 Å². The minimum atomic E-state index is 0.104.